The fourth-order valence-electron chi connectivity index (χ4n) is 3.26. The van der Waals surface area contributed by atoms with Gasteiger partial charge < -0.3 is 5.32 Å². The van der Waals surface area contributed by atoms with Gasteiger partial charge in [-0.15, -0.1) is 0 Å². The molecule has 1 nitrogen and oxygen atoms in total. The maximum atomic E-state index is 3.62. The molecular formula is C16H24BrN. The molecule has 0 amide bonds. The van der Waals surface area contributed by atoms with E-state index in [0.29, 0.717) is 6.04 Å². The number of hydrogen-bond acceptors (Lipinski definition) is 1. The van der Waals surface area contributed by atoms with E-state index < -0.39 is 0 Å². The summed E-state index contributed by atoms with van der Waals surface area (Å²) in [7, 11) is 2.10. The highest BCUT2D eigenvalue weighted by Gasteiger charge is 2.23. The monoisotopic (exact) mass is 309 g/mol. The van der Waals surface area contributed by atoms with Gasteiger partial charge in [-0.2, -0.15) is 0 Å². The van der Waals surface area contributed by atoms with Crippen molar-refractivity contribution in [1.29, 1.82) is 0 Å². The molecule has 0 bridgehead atoms. The Hall–Kier alpha value is -0.340. The number of halogens is 1. The molecule has 0 aliphatic heterocycles. The first kappa shape index (κ1) is 14.1. The highest BCUT2D eigenvalue weighted by Crippen LogP contribution is 2.34. The van der Waals surface area contributed by atoms with E-state index in [2.05, 4.69) is 53.4 Å². The number of nitrogens with one attached hydrogen (secondary N) is 1. The summed E-state index contributed by atoms with van der Waals surface area (Å²) in [4.78, 5) is 0. The van der Waals surface area contributed by atoms with Crippen molar-refractivity contribution in [2.45, 2.75) is 51.5 Å². The molecule has 0 heterocycles. The molecule has 2 heteroatoms. The molecule has 1 aromatic rings. The molecule has 1 aromatic carbocycles. The largest absolute Gasteiger partial charge is 0.313 e. The van der Waals surface area contributed by atoms with Crippen LogP contribution in [-0.4, -0.2) is 7.05 Å². The van der Waals surface area contributed by atoms with Crippen LogP contribution in [0.15, 0.2) is 22.7 Å². The minimum atomic E-state index is 0.513. The third-order valence-electron chi connectivity index (χ3n) is 4.11. The van der Waals surface area contributed by atoms with Crippen molar-refractivity contribution < 1.29 is 0 Å². The molecule has 1 N–H and O–H groups in total. The van der Waals surface area contributed by atoms with Gasteiger partial charge in [-0.05, 0) is 56.0 Å². The molecular weight excluding hydrogens is 286 g/mol. The summed E-state index contributed by atoms with van der Waals surface area (Å²) < 4.78 is 1.20. The SMILES string of the molecule is CNC(c1cc(C)cc(Br)c1)C1CCCCCC1. The lowest BCUT2D eigenvalue weighted by Crippen LogP contribution is -2.25. The molecule has 18 heavy (non-hydrogen) atoms. The fourth-order valence-corrected chi connectivity index (χ4v) is 3.89. The summed E-state index contributed by atoms with van der Waals surface area (Å²) >= 11 is 3.62. The van der Waals surface area contributed by atoms with Gasteiger partial charge in [-0.3, -0.25) is 0 Å². The van der Waals surface area contributed by atoms with Crippen molar-refractivity contribution in [3.63, 3.8) is 0 Å². The molecule has 1 saturated carbocycles. The van der Waals surface area contributed by atoms with E-state index >= 15 is 0 Å². The summed E-state index contributed by atoms with van der Waals surface area (Å²) in [6.07, 6.45) is 8.38. The Labute approximate surface area is 119 Å². The van der Waals surface area contributed by atoms with Crippen LogP contribution in [0, 0.1) is 12.8 Å². The fraction of sp³-hybridized carbons (Fsp3) is 0.625. The van der Waals surface area contributed by atoms with E-state index in [9.17, 15) is 0 Å². The topological polar surface area (TPSA) is 12.0 Å². The minimum absolute atomic E-state index is 0.513. The number of benzene rings is 1. The zero-order valence-electron chi connectivity index (χ0n) is 11.5. The van der Waals surface area contributed by atoms with Gasteiger partial charge in [-0.1, -0.05) is 47.7 Å². The second-order valence-corrected chi connectivity index (χ2v) is 6.50. The third-order valence-corrected chi connectivity index (χ3v) is 4.56. The molecule has 0 aromatic heterocycles. The predicted octanol–water partition coefficient (Wildman–Crippen LogP) is 4.99. The highest BCUT2D eigenvalue weighted by molar-refractivity contribution is 9.10. The summed E-state index contributed by atoms with van der Waals surface area (Å²) in [6, 6.07) is 7.30. The summed E-state index contributed by atoms with van der Waals surface area (Å²) in [5.74, 6) is 0.797. The third kappa shape index (κ3) is 3.58. The normalized spacial score (nSPS) is 19.5. The lowest BCUT2D eigenvalue weighted by atomic mass is 9.87. The molecule has 0 spiro atoms. The van der Waals surface area contributed by atoms with Crippen molar-refractivity contribution >= 4 is 15.9 Å². The van der Waals surface area contributed by atoms with Gasteiger partial charge in [0.1, 0.15) is 0 Å². The summed E-state index contributed by atoms with van der Waals surface area (Å²) in [5.41, 5.74) is 2.78. The first-order valence-corrected chi connectivity index (χ1v) is 7.94. The molecule has 1 unspecified atom stereocenters. The second kappa shape index (κ2) is 6.72. The summed E-state index contributed by atoms with van der Waals surface area (Å²) in [5, 5.41) is 3.55. The smallest absolute Gasteiger partial charge is 0.0346 e. The molecule has 0 saturated heterocycles. The van der Waals surface area contributed by atoms with E-state index in [1.54, 1.807) is 0 Å². The van der Waals surface area contributed by atoms with Crippen molar-refractivity contribution in [1.82, 2.24) is 5.32 Å². The number of aryl methyl sites for hydroxylation is 1. The average molecular weight is 310 g/mol. The van der Waals surface area contributed by atoms with Gasteiger partial charge in [0.2, 0.25) is 0 Å². The Kier molecular flexibility index (Phi) is 5.25. The molecule has 2 rings (SSSR count). The molecule has 1 fully saturated rings. The van der Waals surface area contributed by atoms with Crippen molar-refractivity contribution in [2.75, 3.05) is 7.05 Å². The standard InChI is InChI=1S/C16H24BrN/c1-12-9-14(11-15(17)10-12)16(18-2)13-7-5-3-4-6-8-13/h9-11,13,16,18H,3-8H2,1-2H3. The van der Waals surface area contributed by atoms with Crippen LogP contribution >= 0.6 is 15.9 Å². The van der Waals surface area contributed by atoms with Crippen LogP contribution < -0.4 is 5.32 Å². The van der Waals surface area contributed by atoms with Crippen LogP contribution in [0.25, 0.3) is 0 Å². The van der Waals surface area contributed by atoms with E-state index in [1.165, 1.54) is 54.1 Å². The predicted molar refractivity (Wildman–Crippen MR) is 81.9 cm³/mol. The van der Waals surface area contributed by atoms with E-state index in [-0.39, 0.29) is 0 Å². The maximum absolute atomic E-state index is 3.62. The summed E-state index contributed by atoms with van der Waals surface area (Å²) in [6.45, 7) is 2.17. The lowest BCUT2D eigenvalue weighted by molar-refractivity contribution is 0.341. The van der Waals surface area contributed by atoms with Crippen molar-refractivity contribution in [3.05, 3.63) is 33.8 Å². The lowest BCUT2D eigenvalue weighted by Gasteiger charge is -2.27. The molecule has 1 aliphatic rings. The van der Waals surface area contributed by atoms with Gasteiger partial charge in [0.15, 0.2) is 0 Å². The van der Waals surface area contributed by atoms with Crippen LogP contribution in [0.5, 0.6) is 0 Å². The van der Waals surface area contributed by atoms with E-state index in [4.69, 9.17) is 0 Å². The number of rotatable bonds is 3. The molecule has 0 radical (unpaired) electrons. The van der Waals surface area contributed by atoms with Gasteiger partial charge in [-0.25, -0.2) is 0 Å². The Bertz CT molecular complexity index is 360. The second-order valence-electron chi connectivity index (χ2n) is 5.58. The van der Waals surface area contributed by atoms with E-state index in [0.717, 1.165) is 5.92 Å². The average Bonchev–Trinajstić information content (AvgIpc) is 2.58. The van der Waals surface area contributed by atoms with Crippen molar-refractivity contribution in [3.8, 4) is 0 Å². The molecule has 100 valence electrons. The zero-order valence-corrected chi connectivity index (χ0v) is 13.1. The van der Waals surface area contributed by atoms with Crippen LogP contribution in [0.2, 0.25) is 0 Å². The van der Waals surface area contributed by atoms with Gasteiger partial charge in [0.25, 0.3) is 0 Å². The Morgan fingerprint density at radius 2 is 1.78 bits per heavy atom. The minimum Gasteiger partial charge on any atom is -0.313 e. The van der Waals surface area contributed by atoms with Crippen LogP contribution in [-0.2, 0) is 0 Å². The Balaban J connectivity index is 2.20. The van der Waals surface area contributed by atoms with Crippen LogP contribution in [0.4, 0.5) is 0 Å². The maximum Gasteiger partial charge on any atom is 0.0346 e. The number of hydrogen-bond donors (Lipinski definition) is 1. The zero-order chi connectivity index (χ0) is 13.0. The van der Waals surface area contributed by atoms with E-state index in [1.807, 2.05) is 0 Å². The first-order valence-electron chi connectivity index (χ1n) is 7.15. The Morgan fingerprint density at radius 1 is 1.11 bits per heavy atom. The molecule has 1 aliphatic carbocycles. The van der Waals surface area contributed by atoms with Crippen LogP contribution in [0.3, 0.4) is 0 Å². The van der Waals surface area contributed by atoms with Gasteiger partial charge in [0.05, 0.1) is 0 Å². The highest BCUT2D eigenvalue weighted by atomic mass is 79.9. The van der Waals surface area contributed by atoms with Gasteiger partial charge in [0, 0.05) is 10.5 Å². The van der Waals surface area contributed by atoms with Crippen molar-refractivity contribution in [2.24, 2.45) is 5.92 Å². The van der Waals surface area contributed by atoms with Crippen LogP contribution in [0.1, 0.15) is 55.7 Å². The van der Waals surface area contributed by atoms with Gasteiger partial charge >= 0.3 is 0 Å². The first-order chi connectivity index (χ1) is 8.70. The Morgan fingerprint density at radius 3 is 2.33 bits per heavy atom. The quantitative estimate of drug-likeness (QED) is 0.776. The molecule has 1 atom stereocenters.